The van der Waals surface area contributed by atoms with Gasteiger partial charge in [-0.2, -0.15) is 0 Å². The molecule has 2 aliphatic rings. The maximum absolute atomic E-state index is 13.3. The fourth-order valence-electron chi connectivity index (χ4n) is 5.09. The zero-order valence-corrected chi connectivity index (χ0v) is 21.2. The van der Waals surface area contributed by atoms with Crippen LogP contribution in [0.25, 0.3) is 0 Å². The zero-order valence-electron chi connectivity index (χ0n) is 21.2. The third kappa shape index (κ3) is 8.98. The van der Waals surface area contributed by atoms with Gasteiger partial charge in [0.15, 0.2) is 0 Å². The molecule has 9 heteroatoms. The average Bonchev–Trinajstić information content (AvgIpc) is 2.89. The first-order valence-electron chi connectivity index (χ1n) is 12.9. The van der Waals surface area contributed by atoms with E-state index in [-0.39, 0.29) is 24.1 Å². The topological polar surface area (TPSA) is 101 Å². The number of amides is 3. The maximum Gasteiger partial charge on any atom is 0.406 e. The number of alkyl carbamates (subject to hydrolysis) is 1. The highest BCUT2D eigenvalue weighted by Crippen LogP contribution is 2.33. The Hall–Kier alpha value is -2.36. The maximum atomic E-state index is 13.3. The van der Waals surface area contributed by atoms with Gasteiger partial charge in [0.2, 0.25) is 0 Å². The number of carbonyl (C=O) groups is 2. The van der Waals surface area contributed by atoms with E-state index < -0.39 is 6.09 Å². The van der Waals surface area contributed by atoms with Crippen LogP contribution in [0.4, 0.5) is 9.59 Å². The van der Waals surface area contributed by atoms with E-state index in [1.807, 2.05) is 30.1 Å². The number of nitrogens with zero attached hydrogens (tertiary/aromatic N) is 1. The first-order valence-corrected chi connectivity index (χ1v) is 12.9. The predicted octanol–water partition coefficient (Wildman–Crippen LogP) is 2.93. The van der Waals surface area contributed by atoms with Crippen LogP contribution in [0.2, 0.25) is 0 Å². The summed E-state index contributed by atoms with van der Waals surface area (Å²) in [6.07, 6.45) is 4.38. The number of benzene rings is 1. The van der Waals surface area contributed by atoms with Crippen molar-refractivity contribution in [3.05, 3.63) is 35.9 Å². The molecule has 196 valence electrons. The summed E-state index contributed by atoms with van der Waals surface area (Å²) in [5.41, 5.74) is 1.09. The van der Waals surface area contributed by atoms with Crippen LogP contribution in [0.15, 0.2) is 30.3 Å². The van der Waals surface area contributed by atoms with Crippen molar-refractivity contribution in [3.63, 3.8) is 0 Å². The van der Waals surface area contributed by atoms with Crippen molar-refractivity contribution in [2.24, 2.45) is 11.8 Å². The molecular formula is C26H42N4O5. The molecule has 2 heterocycles. The molecule has 3 atom stereocenters. The number of carbonyl (C=O) groups excluding carboxylic acids is 2. The van der Waals surface area contributed by atoms with Gasteiger partial charge in [-0.1, -0.05) is 30.3 Å². The minimum absolute atomic E-state index is 0.00109. The quantitative estimate of drug-likeness (QED) is 0.413. The van der Waals surface area contributed by atoms with Crippen LogP contribution >= 0.6 is 0 Å². The molecule has 3 N–H and O–H groups in total. The standard InChI is InChI=1S/C26H42N4O5/c1-27-18-23(17-20-10-14-34-15-11-20)29-25(31)30-13-6-9-22(19-30)24(21-7-4-3-5-8-21)35-16-12-28-26(32)33-2/h3-5,7-8,20,22-24,27H,6,9-19H2,1-2H3,(H,28,32)(H,29,31)/t22-,23+,24?/m1/s1. The molecule has 0 bridgehead atoms. The Morgan fingerprint density at radius 3 is 2.66 bits per heavy atom. The van der Waals surface area contributed by atoms with Crippen LogP contribution in [-0.4, -0.2) is 83.2 Å². The van der Waals surface area contributed by atoms with E-state index >= 15 is 0 Å². The fraction of sp³-hybridized carbons (Fsp3) is 0.692. The van der Waals surface area contributed by atoms with Crippen LogP contribution in [0, 0.1) is 11.8 Å². The summed E-state index contributed by atoms with van der Waals surface area (Å²) in [6.45, 7) is 4.50. The first kappa shape index (κ1) is 27.2. The number of likely N-dealkylation sites (N-methyl/N-ethyl adjacent to an activating group) is 1. The molecule has 3 amide bonds. The molecule has 9 nitrogen and oxygen atoms in total. The lowest BCUT2D eigenvalue weighted by Gasteiger charge is -2.38. The van der Waals surface area contributed by atoms with E-state index in [1.165, 1.54) is 7.11 Å². The summed E-state index contributed by atoms with van der Waals surface area (Å²) < 4.78 is 16.4. The highest BCUT2D eigenvalue weighted by molar-refractivity contribution is 5.74. The number of rotatable bonds is 11. The third-order valence-electron chi connectivity index (χ3n) is 6.89. The summed E-state index contributed by atoms with van der Waals surface area (Å²) in [7, 11) is 3.27. The van der Waals surface area contributed by atoms with Crippen molar-refractivity contribution in [3.8, 4) is 0 Å². The minimum Gasteiger partial charge on any atom is -0.453 e. The number of likely N-dealkylation sites (tertiary alicyclic amines) is 1. The molecule has 1 unspecified atom stereocenters. The lowest BCUT2D eigenvalue weighted by Crippen LogP contribution is -2.52. The Labute approximate surface area is 209 Å². The van der Waals surface area contributed by atoms with Gasteiger partial charge in [-0.25, -0.2) is 9.59 Å². The van der Waals surface area contributed by atoms with E-state index in [0.717, 1.165) is 64.0 Å². The summed E-state index contributed by atoms with van der Waals surface area (Å²) in [5.74, 6) is 0.763. The molecule has 0 aliphatic carbocycles. The minimum atomic E-state index is -0.470. The largest absolute Gasteiger partial charge is 0.453 e. The molecule has 0 saturated carbocycles. The van der Waals surface area contributed by atoms with Gasteiger partial charge in [-0.3, -0.25) is 0 Å². The van der Waals surface area contributed by atoms with E-state index in [9.17, 15) is 9.59 Å². The zero-order chi connectivity index (χ0) is 24.9. The lowest BCUT2D eigenvalue weighted by molar-refractivity contribution is -0.00869. The highest BCUT2D eigenvalue weighted by Gasteiger charge is 2.32. The second-order valence-electron chi connectivity index (χ2n) is 9.46. The van der Waals surface area contributed by atoms with Gasteiger partial charge in [0, 0.05) is 51.4 Å². The van der Waals surface area contributed by atoms with Crippen molar-refractivity contribution in [1.82, 2.24) is 20.9 Å². The Bertz CT molecular complexity index is 759. The van der Waals surface area contributed by atoms with Gasteiger partial charge in [-0.05, 0) is 50.6 Å². The smallest absolute Gasteiger partial charge is 0.406 e. The number of nitrogens with one attached hydrogen (secondary N) is 3. The molecule has 35 heavy (non-hydrogen) atoms. The molecule has 2 saturated heterocycles. The van der Waals surface area contributed by atoms with Crippen molar-refractivity contribution >= 4 is 12.1 Å². The number of piperidine rings is 1. The Kier molecular flexibility index (Phi) is 11.6. The van der Waals surface area contributed by atoms with Crippen LogP contribution in [0.3, 0.4) is 0 Å². The van der Waals surface area contributed by atoms with E-state index in [2.05, 4.69) is 32.8 Å². The molecular weight excluding hydrogens is 448 g/mol. The second-order valence-corrected chi connectivity index (χ2v) is 9.46. The third-order valence-corrected chi connectivity index (χ3v) is 6.89. The SMILES string of the molecule is CNC[C@H](CC1CCOCC1)NC(=O)N1CCC[C@@H](C(OCCNC(=O)OC)c2ccccc2)C1. The normalized spacial score (nSPS) is 20.6. The van der Waals surface area contributed by atoms with Crippen LogP contribution in [0.1, 0.15) is 43.8 Å². The van der Waals surface area contributed by atoms with E-state index in [0.29, 0.717) is 25.6 Å². The predicted molar refractivity (Wildman–Crippen MR) is 134 cm³/mol. The Balaban J connectivity index is 1.59. The van der Waals surface area contributed by atoms with Gasteiger partial charge in [0.1, 0.15) is 0 Å². The van der Waals surface area contributed by atoms with Gasteiger partial charge >= 0.3 is 12.1 Å². The summed E-state index contributed by atoms with van der Waals surface area (Å²) in [6, 6.07) is 10.2. The molecule has 1 aromatic carbocycles. The first-order chi connectivity index (χ1) is 17.1. The van der Waals surface area contributed by atoms with Crippen molar-refractivity contribution in [2.45, 2.75) is 44.2 Å². The van der Waals surface area contributed by atoms with Gasteiger partial charge in [-0.15, -0.1) is 0 Å². The average molecular weight is 491 g/mol. The Morgan fingerprint density at radius 1 is 1.17 bits per heavy atom. The van der Waals surface area contributed by atoms with Crippen molar-refractivity contribution < 1.29 is 23.8 Å². The van der Waals surface area contributed by atoms with Gasteiger partial charge in [0.25, 0.3) is 0 Å². The molecule has 1 aromatic rings. The monoisotopic (exact) mass is 490 g/mol. The summed E-state index contributed by atoms with van der Waals surface area (Å²) in [4.78, 5) is 26.6. The number of methoxy groups -OCH3 is 1. The number of ether oxygens (including phenoxy) is 3. The second kappa shape index (κ2) is 14.9. The number of urea groups is 1. The number of hydrogen-bond donors (Lipinski definition) is 3. The van der Waals surface area contributed by atoms with Crippen LogP contribution in [0.5, 0.6) is 0 Å². The van der Waals surface area contributed by atoms with Gasteiger partial charge in [0.05, 0.1) is 19.8 Å². The Morgan fingerprint density at radius 2 is 1.94 bits per heavy atom. The van der Waals surface area contributed by atoms with Crippen LogP contribution in [-0.2, 0) is 14.2 Å². The molecule has 3 rings (SSSR count). The lowest BCUT2D eigenvalue weighted by atomic mass is 9.88. The highest BCUT2D eigenvalue weighted by atomic mass is 16.5. The van der Waals surface area contributed by atoms with E-state index in [1.54, 1.807) is 0 Å². The molecule has 0 spiro atoms. The van der Waals surface area contributed by atoms with Crippen LogP contribution < -0.4 is 16.0 Å². The summed E-state index contributed by atoms with van der Waals surface area (Å²) >= 11 is 0. The fourth-order valence-corrected chi connectivity index (χ4v) is 5.09. The number of hydrogen-bond acceptors (Lipinski definition) is 6. The van der Waals surface area contributed by atoms with Gasteiger partial charge < -0.3 is 35.1 Å². The molecule has 2 aliphatic heterocycles. The summed E-state index contributed by atoms with van der Waals surface area (Å²) in [5, 5.41) is 9.18. The molecule has 2 fully saturated rings. The molecule has 0 aromatic heterocycles. The molecule has 0 radical (unpaired) electrons. The van der Waals surface area contributed by atoms with Crippen molar-refractivity contribution in [1.29, 1.82) is 0 Å². The van der Waals surface area contributed by atoms with E-state index in [4.69, 9.17) is 9.47 Å². The van der Waals surface area contributed by atoms with Crippen molar-refractivity contribution in [2.75, 3.05) is 60.2 Å².